The van der Waals surface area contributed by atoms with Gasteiger partial charge in [-0.1, -0.05) is 48.0 Å². The van der Waals surface area contributed by atoms with E-state index < -0.39 is 27.4 Å². The summed E-state index contributed by atoms with van der Waals surface area (Å²) in [6, 6.07) is 14.5. The first-order valence-electron chi connectivity index (χ1n) is 9.98. The molecule has 2 aromatic carbocycles. The monoisotopic (exact) mass is 463 g/mol. The molecular formula is C22H26ClN3O4S. The van der Waals surface area contributed by atoms with Gasteiger partial charge < -0.3 is 5.32 Å². The number of rotatable bonds is 6. The second-order valence-corrected chi connectivity index (χ2v) is 10.4. The Bertz CT molecular complexity index is 1090. The number of sulfonamides is 1. The molecule has 9 heteroatoms. The Hall–Kier alpha value is -2.42. The van der Waals surface area contributed by atoms with Crippen molar-refractivity contribution in [3.05, 3.63) is 64.7 Å². The zero-order valence-corrected chi connectivity index (χ0v) is 19.3. The lowest BCUT2D eigenvalue weighted by Crippen LogP contribution is -2.70. The summed E-state index contributed by atoms with van der Waals surface area (Å²) in [5, 5.41) is 3.32. The summed E-state index contributed by atoms with van der Waals surface area (Å²) in [4.78, 5) is 27.9. The van der Waals surface area contributed by atoms with E-state index in [1.54, 1.807) is 25.1 Å². The molecular weight excluding hydrogens is 438 g/mol. The molecule has 31 heavy (non-hydrogen) atoms. The molecule has 166 valence electrons. The zero-order chi connectivity index (χ0) is 22.8. The molecule has 1 saturated heterocycles. The Balaban J connectivity index is 1.99. The van der Waals surface area contributed by atoms with Gasteiger partial charge in [-0.25, -0.2) is 8.42 Å². The highest BCUT2D eigenvalue weighted by atomic mass is 35.5. The highest BCUT2D eigenvalue weighted by Crippen LogP contribution is 2.33. The van der Waals surface area contributed by atoms with Gasteiger partial charge in [0.25, 0.3) is 0 Å². The van der Waals surface area contributed by atoms with E-state index in [2.05, 4.69) is 5.32 Å². The van der Waals surface area contributed by atoms with Crippen LogP contribution in [-0.2, 0) is 26.2 Å². The van der Waals surface area contributed by atoms with Crippen molar-refractivity contribution in [3.8, 4) is 0 Å². The zero-order valence-electron chi connectivity index (χ0n) is 17.8. The molecule has 1 fully saturated rings. The highest BCUT2D eigenvalue weighted by molar-refractivity contribution is 7.89. The Kier molecular flexibility index (Phi) is 6.73. The van der Waals surface area contributed by atoms with Crippen molar-refractivity contribution in [2.24, 2.45) is 0 Å². The minimum absolute atomic E-state index is 0.152. The lowest BCUT2D eigenvalue weighted by molar-refractivity contribution is -0.133. The molecule has 2 aromatic rings. The standard InChI is InChI=1S/C22H26ClN3O4S/c1-4-31(29,30)25-14-20(27)26(18-11-10-16(2)19(23)12-18)22(3,15-25)21(28)24-13-17-8-6-5-7-9-17/h5-12H,4,13-15H2,1-3H3,(H,24,28)/t22-/m1/s1. The minimum atomic E-state index is -3.67. The fraction of sp³-hybridized carbons (Fsp3) is 0.364. The van der Waals surface area contributed by atoms with Gasteiger partial charge >= 0.3 is 0 Å². The lowest BCUT2D eigenvalue weighted by Gasteiger charge is -2.46. The SMILES string of the molecule is CCS(=O)(=O)N1CC(=O)N(c2ccc(C)c(Cl)c2)[C@@](C)(C(=O)NCc2ccccc2)C1. The second kappa shape index (κ2) is 8.98. The van der Waals surface area contributed by atoms with E-state index in [0.29, 0.717) is 10.7 Å². The Morgan fingerprint density at radius 1 is 1.19 bits per heavy atom. The summed E-state index contributed by atoms with van der Waals surface area (Å²) in [5.74, 6) is -1.09. The van der Waals surface area contributed by atoms with Crippen molar-refractivity contribution in [2.45, 2.75) is 32.9 Å². The first kappa shape index (κ1) is 23.2. The van der Waals surface area contributed by atoms with E-state index in [1.165, 1.54) is 11.8 Å². The van der Waals surface area contributed by atoms with Gasteiger partial charge in [0.2, 0.25) is 21.8 Å². The Morgan fingerprint density at radius 2 is 1.87 bits per heavy atom. The minimum Gasteiger partial charge on any atom is -0.350 e. The van der Waals surface area contributed by atoms with Crippen LogP contribution in [-0.4, -0.2) is 48.9 Å². The van der Waals surface area contributed by atoms with E-state index in [-0.39, 0.29) is 25.4 Å². The fourth-order valence-electron chi connectivity index (χ4n) is 3.64. The molecule has 0 bridgehead atoms. The molecule has 0 saturated carbocycles. The third-order valence-corrected chi connectivity index (χ3v) is 7.68. The van der Waals surface area contributed by atoms with Crippen molar-refractivity contribution >= 4 is 39.1 Å². The number of anilines is 1. The maximum absolute atomic E-state index is 13.4. The maximum Gasteiger partial charge on any atom is 0.247 e. The predicted molar refractivity (Wildman–Crippen MR) is 121 cm³/mol. The van der Waals surface area contributed by atoms with Crippen molar-refractivity contribution in [1.29, 1.82) is 0 Å². The van der Waals surface area contributed by atoms with Gasteiger partial charge in [0, 0.05) is 23.8 Å². The number of piperazine rings is 1. The number of nitrogens with one attached hydrogen (secondary N) is 1. The van der Waals surface area contributed by atoms with E-state index in [9.17, 15) is 18.0 Å². The van der Waals surface area contributed by atoms with Crippen LogP contribution in [0.25, 0.3) is 0 Å². The first-order chi connectivity index (χ1) is 14.6. The number of halogens is 1. The average Bonchev–Trinajstić information content (AvgIpc) is 2.74. The van der Waals surface area contributed by atoms with Crippen LogP contribution in [0.4, 0.5) is 5.69 Å². The second-order valence-electron chi connectivity index (χ2n) is 7.77. The van der Waals surface area contributed by atoms with Gasteiger partial charge in [-0.05, 0) is 44.0 Å². The van der Waals surface area contributed by atoms with Crippen LogP contribution in [0.5, 0.6) is 0 Å². The Labute approximate surface area is 188 Å². The third-order valence-electron chi connectivity index (χ3n) is 5.50. The van der Waals surface area contributed by atoms with Crippen molar-refractivity contribution in [1.82, 2.24) is 9.62 Å². The number of aryl methyl sites for hydroxylation is 1. The molecule has 0 aliphatic carbocycles. The quantitative estimate of drug-likeness (QED) is 0.713. The molecule has 1 N–H and O–H groups in total. The number of nitrogens with zero attached hydrogens (tertiary/aromatic N) is 2. The molecule has 0 spiro atoms. The summed E-state index contributed by atoms with van der Waals surface area (Å²) < 4.78 is 26.2. The van der Waals surface area contributed by atoms with Crippen molar-refractivity contribution in [3.63, 3.8) is 0 Å². The van der Waals surface area contributed by atoms with Gasteiger partial charge in [-0.3, -0.25) is 14.5 Å². The normalized spacial score (nSPS) is 20.0. The summed E-state index contributed by atoms with van der Waals surface area (Å²) in [7, 11) is -3.67. The smallest absolute Gasteiger partial charge is 0.247 e. The third kappa shape index (κ3) is 4.76. The topological polar surface area (TPSA) is 86.8 Å². The molecule has 1 aliphatic rings. The maximum atomic E-state index is 13.4. The van der Waals surface area contributed by atoms with Gasteiger partial charge in [-0.2, -0.15) is 4.31 Å². The molecule has 0 aromatic heterocycles. The summed E-state index contributed by atoms with van der Waals surface area (Å²) in [6.45, 7) is 4.71. The summed E-state index contributed by atoms with van der Waals surface area (Å²) in [6.07, 6.45) is 0. The largest absolute Gasteiger partial charge is 0.350 e. The highest BCUT2D eigenvalue weighted by Gasteiger charge is 2.50. The summed E-state index contributed by atoms with van der Waals surface area (Å²) in [5.41, 5.74) is 0.724. The van der Waals surface area contributed by atoms with E-state index in [4.69, 9.17) is 11.6 Å². The Morgan fingerprint density at radius 3 is 2.48 bits per heavy atom. The van der Waals surface area contributed by atoms with Crippen LogP contribution >= 0.6 is 11.6 Å². The number of carbonyl (C=O) groups is 2. The number of carbonyl (C=O) groups excluding carboxylic acids is 2. The van der Waals surface area contributed by atoms with E-state index in [1.807, 2.05) is 37.3 Å². The van der Waals surface area contributed by atoms with Crippen LogP contribution in [0.15, 0.2) is 48.5 Å². The van der Waals surface area contributed by atoms with Crippen LogP contribution in [0.1, 0.15) is 25.0 Å². The molecule has 0 unspecified atom stereocenters. The van der Waals surface area contributed by atoms with Gasteiger partial charge in [0.05, 0.1) is 12.3 Å². The van der Waals surface area contributed by atoms with Crippen LogP contribution in [0.2, 0.25) is 5.02 Å². The van der Waals surface area contributed by atoms with Gasteiger partial charge in [0.1, 0.15) is 5.54 Å². The van der Waals surface area contributed by atoms with Gasteiger partial charge in [0.15, 0.2) is 0 Å². The predicted octanol–water partition coefficient (Wildman–Crippen LogP) is 2.72. The van der Waals surface area contributed by atoms with Crippen LogP contribution in [0, 0.1) is 6.92 Å². The molecule has 0 radical (unpaired) electrons. The number of amides is 2. The number of benzene rings is 2. The fourth-order valence-corrected chi connectivity index (χ4v) is 4.93. The molecule has 1 heterocycles. The first-order valence-corrected chi connectivity index (χ1v) is 12.0. The van der Waals surface area contributed by atoms with Gasteiger partial charge in [-0.15, -0.1) is 0 Å². The van der Waals surface area contributed by atoms with Crippen molar-refractivity contribution < 1.29 is 18.0 Å². The van der Waals surface area contributed by atoms with Crippen LogP contribution < -0.4 is 10.2 Å². The molecule has 3 rings (SSSR count). The molecule has 2 amide bonds. The van der Waals surface area contributed by atoms with E-state index in [0.717, 1.165) is 15.4 Å². The molecule has 1 aliphatic heterocycles. The number of hydrogen-bond donors (Lipinski definition) is 1. The number of hydrogen-bond acceptors (Lipinski definition) is 4. The molecule has 7 nitrogen and oxygen atoms in total. The molecule has 1 atom stereocenters. The van der Waals surface area contributed by atoms with Crippen LogP contribution in [0.3, 0.4) is 0 Å². The van der Waals surface area contributed by atoms with Crippen molar-refractivity contribution in [2.75, 3.05) is 23.7 Å². The lowest BCUT2D eigenvalue weighted by atomic mass is 9.94. The summed E-state index contributed by atoms with van der Waals surface area (Å²) >= 11 is 6.27. The average molecular weight is 464 g/mol. The van der Waals surface area contributed by atoms with E-state index >= 15 is 0 Å².